The highest BCUT2D eigenvalue weighted by Crippen LogP contribution is 2.43. The second kappa shape index (κ2) is 7.84. The van der Waals surface area contributed by atoms with Crippen LogP contribution >= 0.6 is 11.3 Å². The molecule has 30 heavy (non-hydrogen) atoms. The summed E-state index contributed by atoms with van der Waals surface area (Å²) >= 11 is 1.69. The van der Waals surface area contributed by atoms with E-state index in [1.807, 2.05) is 42.5 Å². The summed E-state index contributed by atoms with van der Waals surface area (Å²) in [6, 6.07) is 15.6. The van der Waals surface area contributed by atoms with Gasteiger partial charge in [-0.3, -0.25) is 9.59 Å². The van der Waals surface area contributed by atoms with Crippen molar-refractivity contribution < 1.29 is 9.59 Å². The summed E-state index contributed by atoms with van der Waals surface area (Å²) in [5.74, 6) is 0.343. The minimum atomic E-state index is -0.396. The molecule has 2 aliphatic carbocycles. The van der Waals surface area contributed by atoms with Crippen molar-refractivity contribution in [1.29, 1.82) is 0 Å². The van der Waals surface area contributed by atoms with Gasteiger partial charge in [0.25, 0.3) is 0 Å². The van der Waals surface area contributed by atoms with Gasteiger partial charge in [-0.05, 0) is 62.1 Å². The molecule has 2 aromatic carbocycles. The Morgan fingerprint density at radius 2 is 1.63 bits per heavy atom. The number of rotatable bonds is 6. The number of anilines is 2. The zero-order valence-corrected chi connectivity index (χ0v) is 17.6. The molecule has 1 heterocycles. The number of carbonyl (C=O) groups is 2. The number of fused-ring (bicyclic) bond motifs is 1. The third kappa shape index (κ3) is 3.97. The van der Waals surface area contributed by atoms with E-state index in [-0.39, 0.29) is 17.7 Å². The summed E-state index contributed by atoms with van der Waals surface area (Å²) in [7, 11) is 0. The highest BCUT2D eigenvalue weighted by molar-refractivity contribution is 7.18. The largest absolute Gasteiger partial charge is 0.326 e. The first kappa shape index (κ1) is 19.2. The Balaban J connectivity index is 1.29. The summed E-state index contributed by atoms with van der Waals surface area (Å²) in [6.45, 7) is 0. The van der Waals surface area contributed by atoms with Gasteiger partial charge in [0.05, 0.1) is 20.6 Å². The molecule has 0 radical (unpaired) electrons. The molecule has 3 aromatic rings. The van der Waals surface area contributed by atoms with Crippen molar-refractivity contribution in [3.8, 4) is 0 Å². The maximum Gasteiger partial charge on any atom is 0.231 e. The molecule has 2 aliphatic rings. The van der Waals surface area contributed by atoms with Gasteiger partial charge in [-0.15, -0.1) is 11.3 Å². The summed E-state index contributed by atoms with van der Waals surface area (Å²) < 4.78 is 1.17. The maximum absolute atomic E-state index is 13.3. The van der Waals surface area contributed by atoms with Crippen molar-refractivity contribution in [1.82, 2.24) is 4.98 Å². The molecule has 0 spiro atoms. The Hall–Kier alpha value is -2.73. The van der Waals surface area contributed by atoms with Gasteiger partial charge in [-0.25, -0.2) is 4.98 Å². The monoisotopic (exact) mass is 419 g/mol. The predicted molar refractivity (Wildman–Crippen MR) is 121 cm³/mol. The second-order valence-electron chi connectivity index (χ2n) is 8.53. The number of hydrogen-bond acceptors (Lipinski definition) is 4. The summed E-state index contributed by atoms with van der Waals surface area (Å²) in [5.41, 5.74) is 2.15. The fraction of sp³-hybridized carbons (Fsp3) is 0.375. The molecule has 5 rings (SSSR count). The van der Waals surface area contributed by atoms with Crippen LogP contribution in [0.15, 0.2) is 48.5 Å². The Morgan fingerprint density at radius 3 is 2.30 bits per heavy atom. The molecule has 2 N–H and O–H groups in total. The number of amides is 2. The Morgan fingerprint density at radius 1 is 0.967 bits per heavy atom. The van der Waals surface area contributed by atoms with Crippen molar-refractivity contribution in [2.45, 2.75) is 44.9 Å². The Labute approximate surface area is 179 Å². The van der Waals surface area contributed by atoms with Gasteiger partial charge in [0.1, 0.15) is 0 Å². The molecule has 6 heteroatoms. The highest BCUT2D eigenvalue weighted by Gasteiger charge is 2.42. The van der Waals surface area contributed by atoms with Crippen molar-refractivity contribution in [3.63, 3.8) is 0 Å². The van der Waals surface area contributed by atoms with Gasteiger partial charge in [0.15, 0.2) is 0 Å². The van der Waals surface area contributed by atoms with E-state index < -0.39 is 5.41 Å². The number of nitrogens with zero attached hydrogens (tertiary/aromatic N) is 1. The molecule has 154 valence electrons. The quantitative estimate of drug-likeness (QED) is 0.563. The predicted octanol–water partition coefficient (Wildman–Crippen LogP) is 5.39. The third-order valence-corrected chi connectivity index (χ3v) is 7.26. The first-order chi connectivity index (χ1) is 14.6. The van der Waals surface area contributed by atoms with Gasteiger partial charge >= 0.3 is 0 Å². The van der Waals surface area contributed by atoms with E-state index in [0.717, 1.165) is 60.4 Å². The lowest BCUT2D eigenvalue weighted by molar-refractivity contribution is -0.125. The Bertz CT molecular complexity index is 1050. The van der Waals surface area contributed by atoms with E-state index in [4.69, 9.17) is 4.98 Å². The zero-order valence-electron chi connectivity index (χ0n) is 16.8. The van der Waals surface area contributed by atoms with Gasteiger partial charge in [-0.1, -0.05) is 25.0 Å². The lowest BCUT2D eigenvalue weighted by atomic mass is 9.81. The molecule has 5 nitrogen and oxygen atoms in total. The normalized spacial score (nSPS) is 17.7. The van der Waals surface area contributed by atoms with E-state index in [0.29, 0.717) is 6.42 Å². The van der Waals surface area contributed by atoms with Crippen LogP contribution in [0.1, 0.15) is 43.5 Å². The number of aromatic nitrogens is 1. The van der Waals surface area contributed by atoms with Crippen LogP contribution in [0.4, 0.5) is 11.4 Å². The molecule has 2 amide bonds. The number of thiazole rings is 1. The average molecular weight is 420 g/mol. The summed E-state index contributed by atoms with van der Waals surface area (Å²) in [4.78, 5) is 30.0. The van der Waals surface area contributed by atoms with Crippen LogP contribution in [0.3, 0.4) is 0 Å². The van der Waals surface area contributed by atoms with Gasteiger partial charge < -0.3 is 10.6 Å². The van der Waals surface area contributed by atoms with E-state index >= 15 is 0 Å². The van der Waals surface area contributed by atoms with Crippen LogP contribution < -0.4 is 10.6 Å². The Kier molecular flexibility index (Phi) is 5.03. The van der Waals surface area contributed by atoms with Crippen molar-refractivity contribution in [2.24, 2.45) is 11.3 Å². The van der Waals surface area contributed by atoms with E-state index in [1.165, 1.54) is 4.70 Å². The minimum Gasteiger partial charge on any atom is -0.326 e. The maximum atomic E-state index is 13.3. The van der Waals surface area contributed by atoms with Gasteiger partial charge in [-0.2, -0.15) is 0 Å². The van der Waals surface area contributed by atoms with Crippen molar-refractivity contribution in [2.75, 3.05) is 10.6 Å². The lowest BCUT2D eigenvalue weighted by Crippen LogP contribution is -2.35. The van der Waals surface area contributed by atoms with Gasteiger partial charge in [0, 0.05) is 23.7 Å². The fourth-order valence-corrected chi connectivity index (χ4v) is 5.42. The summed E-state index contributed by atoms with van der Waals surface area (Å²) in [6.07, 6.45) is 6.59. The molecule has 0 unspecified atom stereocenters. The standard InChI is InChI=1S/C24H25N3O2S/c28-22(16-7-8-16)25-17-9-11-18(12-10-17)26-23(29)24(13-3-4-14-24)15-21-27-19-5-1-2-6-20(19)30-21/h1-2,5-6,9-12,16H,3-4,7-8,13-15H2,(H,25,28)(H,26,29). The number of hydrogen-bond donors (Lipinski definition) is 2. The van der Waals surface area contributed by atoms with Crippen molar-refractivity contribution >= 4 is 44.7 Å². The number of para-hydroxylation sites is 1. The smallest absolute Gasteiger partial charge is 0.231 e. The van der Waals surface area contributed by atoms with Gasteiger partial charge in [0.2, 0.25) is 11.8 Å². The van der Waals surface area contributed by atoms with Crippen LogP contribution in [-0.4, -0.2) is 16.8 Å². The molecule has 2 fully saturated rings. The molecular weight excluding hydrogens is 394 g/mol. The molecule has 0 atom stereocenters. The van der Waals surface area contributed by atoms with E-state index in [1.54, 1.807) is 11.3 Å². The van der Waals surface area contributed by atoms with E-state index in [9.17, 15) is 9.59 Å². The first-order valence-electron chi connectivity index (χ1n) is 10.7. The third-order valence-electron chi connectivity index (χ3n) is 6.23. The fourth-order valence-electron chi connectivity index (χ4n) is 4.31. The summed E-state index contributed by atoms with van der Waals surface area (Å²) in [5, 5.41) is 7.09. The first-order valence-corrected chi connectivity index (χ1v) is 11.5. The highest BCUT2D eigenvalue weighted by atomic mass is 32.1. The molecule has 0 saturated heterocycles. The van der Waals surface area contributed by atoms with Crippen LogP contribution in [0.5, 0.6) is 0 Å². The number of carbonyl (C=O) groups excluding carboxylic acids is 2. The lowest BCUT2D eigenvalue weighted by Gasteiger charge is -2.26. The van der Waals surface area contributed by atoms with E-state index in [2.05, 4.69) is 16.7 Å². The van der Waals surface area contributed by atoms with Crippen LogP contribution in [0.25, 0.3) is 10.2 Å². The van der Waals surface area contributed by atoms with Crippen LogP contribution in [-0.2, 0) is 16.0 Å². The molecular formula is C24H25N3O2S. The molecule has 1 aromatic heterocycles. The van der Waals surface area contributed by atoms with Crippen LogP contribution in [0.2, 0.25) is 0 Å². The SMILES string of the molecule is O=C(Nc1ccc(NC(=O)C2(Cc3nc4ccccc4s3)CCCC2)cc1)C1CC1. The average Bonchev–Trinajstić information content (AvgIpc) is 3.36. The number of benzene rings is 2. The molecule has 2 saturated carbocycles. The zero-order chi connectivity index (χ0) is 20.6. The minimum absolute atomic E-state index is 0.0778. The number of nitrogens with one attached hydrogen (secondary N) is 2. The van der Waals surface area contributed by atoms with Crippen LogP contribution in [0, 0.1) is 11.3 Å². The van der Waals surface area contributed by atoms with Crippen molar-refractivity contribution in [3.05, 3.63) is 53.5 Å². The molecule has 0 bridgehead atoms. The second-order valence-corrected chi connectivity index (χ2v) is 9.65. The topological polar surface area (TPSA) is 71.1 Å². The molecule has 0 aliphatic heterocycles.